The molecule has 0 saturated carbocycles. The number of rotatable bonds is 7. The van der Waals surface area contributed by atoms with E-state index in [1.807, 2.05) is 18.2 Å². The van der Waals surface area contributed by atoms with E-state index in [2.05, 4.69) is 10.3 Å². The second kappa shape index (κ2) is 8.11. The highest BCUT2D eigenvalue weighted by molar-refractivity contribution is 5.94. The van der Waals surface area contributed by atoms with Crippen LogP contribution >= 0.6 is 0 Å². The number of carbonyl (C=O) groups is 1. The molecule has 2 aromatic rings. The summed E-state index contributed by atoms with van der Waals surface area (Å²) >= 11 is 0. The summed E-state index contributed by atoms with van der Waals surface area (Å²) in [6, 6.07) is 10.2. The monoisotopic (exact) mass is 301 g/mol. The molecule has 2 rings (SSSR count). The fourth-order valence-corrected chi connectivity index (χ4v) is 1.80. The number of amides is 1. The van der Waals surface area contributed by atoms with Gasteiger partial charge in [0, 0.05) is 36.8 Å². The zero-order valence-electron chi connectivity index (χ0n) is 12.4. The van der Waals surface area contributed by atoms with Gasteiger partial charge in [0.15, 0.2) is 0 Å². The second-order valence-electron chi connectivity index (χ2n) is 4.73. The standard InChI is InChI=1S/C16H19N3O3/c1-21-11-15(17)16(20)19-13-5-2-6-14(8-13)22-10-12-4-3-7-18-9-12/h2-9,15H,10-11,17H2,1H3,(H,19,20). The molecule has 1 amide bonds. The molecule has 1 aromatic carbocycles. The number of hydrogen-bond acceptors (Lipinski definition) is 5. The molecule has 1 unspecified atom stereocenters. The predicted molar refractivity (Wildman–Crippen MR) is 83.5 cm³/mol. The Hall–Kier alpha value is -2.44. The van der Waals surface area contributed by atoms with Gasteiger partial charge in [0.2, 0.25) is 5.91 Å². The Bertz CT molecular complexity index is 605. The highest BCUT2D eigenvalue weighted by Crippen LogP contribution is 2.18. The lowest BCUT2D eigenvalue weighted by Gasteiger charge is -2.12. The van der Waals surface area contributed by atoms with E-state index in [0.29, 0.717) is 18.0 Å². The normalized spacial score (nSPS) is 11.7. The Morgan fingerprint density at radius 2 is 2.23 bits per heavy atom. The molecule has 1 heterocycles. The van der Waals surface area contributed by atoms with Crippen LogP contribution in [0.3, 0.4) is 0 Å². The first-order chi connectivity index (χ1) is 10.7. The van der Waals surface area contributed by atoms with Gasteiger partial charge in [-0.3, -0.25) is 9.78 Å². The Balaban J connectivity index is 1.93. The summed E-state index contributed by atoms with van der Waals surface area (Å²) in [7, 11) is 1.50. The van der Waals surface area contributed by atoms with Crippen molar-refractivity contribution < 1.29 is 14.3 Å². The van der Waals surface area contributed by atoms with Crippen LogP contribution in [-0.2, 0) is 16.1 Å². The molecule has 116 valence electrons. The van der Waals surface area contributed by atoms with Crippen LogP contribution < -0.4 is 15.8 Å². The number of pyridine rings is 1. The SMILES string of the molecule is COCC(N)C(=O)Nc1cccc(OCc2cccnc2)c1. The van der Waals surface area contributed by atoms with Crippen molar-refractivity contribution in [2.75, 3.05) is 19.0 Å². The third-order valence-electron chi connectivity index (χ3n) is 2.91. The number of nitrogens with zero attached hydrogens (tertiary/aromatic N) is 1. The van der Waals surface area contributed by atoms with Crippen LogP contribution in [0.1, 0.15) is 5.56 Å². The minimum atomic E-state index is -0.704. The van der Waals surface area contributed by atoms with Crippen LogP contribution in [0.25, 0.3) is 0 Å². The van der Waals surface area contributed by atoms with Crippen molar-refractivity contribution in [2.24, 2.45) is 5.73 Å². The molecule has 0 saturated heterocycles. The minimum absolute atomic E-state index is 0.170. The number of anilines is 1. The first kappa shape index (κ1) is 15.9. The van der Waals surface area contributed by atoms with Crippen molar-refractivity contribution in [1.29, 1.82) is 0 Å². The Morgan fingerprint density at radius 3 is 2.95 bits per heavy atom. The van der Waals surface area contributed by atoms with Gasteiger partial charge in [-0.2, -0.15) is 0 Å². The van der Waals surface area contributed by atoms with E-state index in [0.717, 1.165) is 5.56 Å². The fraction of sp³-hybridized carbons (Fsp3) is 0.250. The van der Waals surface area contributed by atoms with E-state index < -0.39 is 6.04 Å². The van der Waals surface area contributed by atoms with Gasteiger partial charge in [-0.25, -0.2) is 0 Å². The molecule has 6 nitrogen and oxygen atoms in total. The number of nitrogens with two attached hydrogens (primary N) is 1. The van der Waals surface area contributed by atoms with Crippen molar-refractivity contribution in [3.63, 3.8) is 0 Å². The molecule has 0 fully saturated rings. The van der Waals surface area contributed by atoms with Crippen molar-refractivity contribution in [3.8, 4) is 5.75 Å². The van der Waals surface area contributed by atoms with E-state index in [1.54, 1.807) is 30.6 Å². The van der Waals surface area contributed by atoms with E-state index in [9.17, 15) is 4.79 Å². The minimum Gasteiger partial charge on any atom is -0.489 e. The van der Waals surface area contributed by atoms with Crippen molar-refractivity contribution in [2.45, 2.75) is 12.6 Å². The lowest BCUT2D eigenvalue weighted by Crippen LogP contribution is -2.39. The van der Waals surface area contributed by atoms with Gasteiger partial charge in [0.1, 0.15) is 18.4 Å². The van der Waals surface area contributed by atoms with Crippen LogP contribution in [0, 0.1) is 0 Å². The summed E-state index contributed by atoms with van der Waals surface area (Å²) in [5.74, 6) is 0.355. The maximum absolute atomic E-state index is 11.8. The van der Waals surface area contributed by atoms with E-state index in [1.165, 1.54) is 7.11 Å². The molecule has 6 heteroatoms. The summed E-state index contributed by atoms with van der Waals surface area (Å²) in [4.78, 5) is 15.9. The lowest BCUT2D eigenvalue weighted by molar-refractivity contribution is -0.118. The maximum atomic E-state index is 11.8. The molecule has 0 bridgehead atoms. The molecule has 1 atom stereocenters. The third kappa shape index (κ3) is 4.83. The summed E-state index contributed by atoms with van der Waals surface area (Å²) in [5.41, 5.74) is 7.27. The fourth-order valence-electron chi connectivity index (χ4n) is 1.80. The van der Waals surface area contributed by atoms with Crippen LogP contribution in [0.4, 0.5) is 5.69 Å². The molecule has 1 aromatic heterocycles. The Kier molecular flexibility index (Phi) is 5.88. The smallest absolute Gasteiger partial charge is 0.243 e. The predicted octanol–water partition coefficient (Wildman–Crippen LogP) is 1.57. The Morgan fingerprint density at radius 1 is 1.36 bits per heavy atom. The summed E-state index contributed by atoms with van der Waals surface area (Å²) < 4.78 is 10.5. The second-order valence-corrected chi connectivity index (χ2v) is 4.73. The molecule has 0 aliphatic rings. The molecule has 3 N–H and O–H groups in total. The Labute approximate surface area is 129 Å². The summed E-state index contributed by atoms with van der Waals surface area (Å²) in [6.07, 6.45) is 3.46. The van der Waals surface area contributed by atoms with Crippen LogP contribution in [-0.4, -0.2) is 30.6 Å². The molecule has 0 aliphatic heterocycles. The van der Waals surface area contributed by atoms with Crippen LogP contribution in [0.5, 0.6) is 5.75 Å². The first-order valence-electron chi connectivity index (χ1n) is 6.86. The molecule has 0 spiro atoms. The average Bonchev–Trinajstić information content (AvgIpc) is 2.54. The van der Waals surface area contributed by atoms with E-state index in [-0.39, 0.29) is 12.5 Å². The van der Waals surface area contributed by atoms with Gasteiger partial charge in [0.05, 0.1) is 6.61 Å². The number of ether oxygens (including phenoxy) is 2. The van der Waals surface area contributed by atoms with Crippen molar-refractivity contribution in [3.05, 3.63) is 54.4 Å². The van der Waals surface area contributed by atoms with E-state index >= 15 is 0 Å². The number of aromatic nitrogens is 1. The molecule has 22 heavy (non-hydrogen) atoms. The molecular formula is C16H19N3O3. The van der Waals surface area contributed by atoms with Gasteiger partial charge in [-0.05, 0) is 18.2 Å². The highest BCUT2D eigenvalue weighted by atomic mass is 16.5. The lowest BCUT2D eigenvalue weighted by atomic mass is 10.2. The highest BCUT2D eigenvalue weighted by Gasteiger charge is 2.13. The molecular weight excluding hydrogens is 282 g/mol. The van der Waals surface area contributed by atoms with Gasteiger partial charge >= 0.3 is 0 Å². The van der Waals surface area contributed by atoms with Crippen LogP contribution in [0.2, 0.25) is 0 Å². The zero-order chi connectivity index (χ0) is 15.8. The number of carbonyl (C=O) groups excluding carboxylic acids is 1. The van der Waals surface area contributed by atoms with Gasteiger partial charge < -0.3 is 20.5 Å². The van der Waals surface area contributed by atoms with Crippen molar-refractivity contribution in [1.82, 2.24) is 4.98 Å². The van der Waals surface area contributed by atoms with Gasteiger partial charge in [0.25, 0.3) is 0 Å². The third-order valence-corrected chi connectivity index (χ3v) is 2.91. The largest absolute Gasteiger partial charge is 0.489 e. The number of methoxy groups -OCH3 is 1. The number of nitrogens with one attached hydrogen (secondary N) is 1. The molecule has 0 aliphatic carbocycles. The topological polar surface area (TPSA) is 86.5 Å². The van der Waals surface area contributed by atoms with Gasteiger partial charge in [-0.15, -0.1) is 0 Å². The number of benzene rings is 1. The molecule has 0 radical (unpaired) electrons. The number of hydrogen-bond donors (Lipinski definition) is 2. The van der Waals surface area contributed by atoms with Crippen LogP contribution in [0.15, 0.2) is 48.8 Å². The van der Waals surface area contributed by atoms with Crippen molar-refractivity contribution >= 4 is 11.6 Å². The quantitative estimate of drug-likeness (QED) is 0.810. The van der Waals surface area contributed by atoms with E-state index in [4.69, 9.17) is 15.2 Å². The maximum Gasteiger partial charge on any atom is 0.243 e. The summed E-state index contributed by atoms with van der Waals surface area (Å²) in [5, 5.41) is 2.73. The average molecular weight is 301 g/mol. The summed E-state index contributed by atoms with van der Waals surface area (Å²) in [6.45, 7) is 0.581. The first-order valence-corrected chi connectivity index (χ1v) is 6.86. The van der Waals surface area contributed by atoms with Gasteiger partial charge in [-0.1, -0.05) is 12.1 Å². The zero-order valence-corrected chi connectivity index (χ0v) is 12.4.